The Hall–Kier alpha value is -8.12. The summed E-state index contributed by atoms with van der Waals surface area (Å²) in [5.41, 5.74) is 15.9. The molecule has 78 heavy (non-hydrogen) atoms. The summed E-state index contributed by atoms with van der Waals surface area (Å²) in [5, 5.41) is 2.13. The molecule has 0 saturated carbocycles. The van der Waals surface area contributed by atoms with Crippen LogP contribution in [0.2, 0.25) is 0 Å². The first kappa shape index (κ1) is 52.0. The van der Waals surface area contributed by atoms with E-state index in [1.165, 1.54) is 28.8 Å². The van der Waals surface area contributed by atoms with Crippen molar-refractivity contribution in [2.45, 2.75) is 65.7 Å². The minimum Gasteiger partial charge on any atom is -0.509 e. The van der Waals surface area contributed by atoms with E-state index >= 15 is 8.78 Å². The monoisotopic (exact) mass is 1200 g/mol. The van der Waals surface area contributed by atoms with E-state index < -0.39 is 11.6 Å². The van der Waals surface area contributed by atoms with E-state index in [9.17, 15) is 0 Å². The van der Waals surface area contributed by atoms with Crippen molar-refractivity contribution in [3.63, 3.8) is 0 Å². The normalized spacial score (nSPS) is 12.4. The molecule has 9 aromatic carbocycles. The Kier molecular flexibility index (Phi) is 14.0. The zero-order valence-corrected chi connectivity index (χ0v) is 46.8. The molecule has 0 spiro atoms. The molecular formula is C70H57F2N4OPt-3. The maximum Gasteiger partial charge on any atom is 0.135 e. The molecule has 0 unspecified atom stereocenters. The van der Waals surface area contributed by atoms with Crippen LogP contribution < -0.4 is 14.5 Å². The molecular weight excluding hydrogens is 1150 g/mol. The molecule has 2 aromatic heterocycles. The number of fused-ring (bicyclic) bond motifs is 4. The minimum atomic E-state index is -0.646. The Morgan fingerprint density at radius 2 is 1.12 bits per heavy atom. The Morgan fingerprint density at radius 3 is 1.78 bits per heavy atom. The van der Waals surface area contributed by atoms with Gasteiger partial charge in [0.1, 0.15) is 17.5 Å². The van der Waals surface area contributed by atoms with Gasteiger partial charge in [-0.25, -0.2) is 13.8 Å². The van der Waals surface area contributed by atoms with Gasteiger partial charge in [-0.3, -0.25) is 0 Å². The predicted molar refractivity (Wildman–Crippen MR) is 313 cm³/mol. The fourth-order valence-electron chi connectivity index (χ4n) is 10.6. The number of hydrogen-bond donors (Lipinski definition) is 0. The maximum atomic E-state index is 15.3. The molecule has 0 N–H and O–H groups in total. The summed E-state index contributed by atoms with van der Waals surface area (Å²) in [4.78, 5) is 9.18. The van der Waals surface area contributed by atoms with Gasteiger partial charge in [0.15, 0.2) is 0 Å². The number of anilines is 4. The zero-order chi connectivity index (χ0) is 53.1. The van der Waals surface area contributed by atoms with Gasteiger partial charge >= 0.3 is 0 Å². The molecule has 3 heterocycles. The minimum absolute atomic E-state index is 0. The number of ether oxygens (including phenoxy) is 1. The van der Waals surface area contributed by atoms with Crippen LogP contribution in [0, 0.1) is 30.4 Å². The summed E-state index contributed by atoms with van der Waals surface area (Å²) in [7, 11) is 0. The first-order chi connectivity index (χ1) is 37.2. The van der Waals surface area contributed by atoms with Crippen molar-refractivity contribution in [1.82, 2.24) is 9.55 Å². The van der Waals surface area contributed by atoms with Gasteiger partial charge in [0.25, 0.3) is 0 Å². The predicted octanol–water partition coefficient (Wildman–Crippen LogP) is 19.5. The molecule has 5 nitrogen and oxygen atoms in total. The summed E-state index contributed by atoms with van der Waals surface area (Å²) in [6.45, 7) is 17.5. The SMILES string of the molecule is CC(C)c1cc(-c2cccc(-c3cc(F)cc(F)c3)c2N2[CH-]N(c3[c-]c(Oc4[c-]c5c(cc4)c4ccccc4n5-c4cc(C(C)(C)C)ccn4)cc(-c4ccc(-c5ccccc5)cc4)c3)c3ccccc32)cc(C(C)C)c1.[Pt]. The molecule has 1 aliphatic rings. The second-order valence-corrected chi connectivity index (χ2v) is 21.7. The Bertz CT molecular complexity index is 3980. The molecule has 12 rings (SSSR count). The molecule has 0 atom stereocenters. The van der Waals surface area contributed by atoms with Gasteiger partial charge in [0.05, 0.1) is 0 Å². The number of benzene rings is 9. The van der Waals surface area contributed by atoms with Crippen molar-refractivity contribution in [2.24, 2.45) is 0 Å². The van der Waals surface area contributed by atoms with E-state index in [0.717, 1.165) is 89.8 Å². The molecule has 0 saturated heterocycles. The van der Waals surface area contributed by atoms with Gasteiger partial charge in [-0.05, 0) is 110 Å². The van der Waals surface area contributed by atoms with E-state index in [1.807, 2.05) is 48.7 Å². The standard InChI is InChI=1S/C70H57F2N4O.Pt/c1-44(2)49-32-50(45(3)4)34-52(33-49)60-19-15-20-61(53-35-55(71)40-56(72)36-53)69(60)75-43-74(65-22-13-14-23-66(65)75)57-37-51(48-26-24-47(25-27-48)46-16-9-8-10-17-46)38-59(41-57)77-58-28-29-63-62-18-11-12-21-64(62)76(67(63)42-58)68-39-54(30-31-73-68)70(5,6)7;/h8-40,43-45H,1-7H3;/q-3;. The van der Waals surface area contributed by atoms with E-state index in [1.54, 1.807) is 0 Å². The van der Waals surface area contributed by atoms with Crippen LogP contribution in [0.15, 0.2) is 200 Å². The average Bonchev–Trinajstić information content (AvgIpc) is 4.02. The summed E-state index contributed by atoms with van der Waals surface area (Å²) in [6, 6.07) is 72.0. The number of pyridine rings is 1. The second-order valence-electron chi connectivity index (χ2n) is 21.7. The number of nitrogens with zero attached hydrogens (tertiary/aromatic N) is 4. The second kappa shape index (κ2) is 21.0. The molecule has 0 aliphatic carbocycles. The smallest absolute Gasteiger partial charge is 0.135 e. The number of para-hydroxylation sites is 4. The molecule has 0 amide bonds. The summed E-state index contributed by atoms with van der Waals surface area (Å²) < 4.78 is 39.8. The fraction of sp³-hybridized carbons (Fsp3) is 0.143. The third-order valence-electron chi connectivity index (χ3n) is 14.7. The van der Waals surface area contributed by atoms with Crippen LogP contribution in [0.4, 0.5) is 31.5 Å². The number of halogens is 2. The van der Waals surface area contributed by atoms with Crippen molar-refractivity contribution in [1.29, 1.82) is 0 Å². The van der Waals surface area contributed by atoms with E-state index in [4.69, 9.17) is 9.72 Å². The van der Waals surface area contributed by atoms with Crippen LogP contribution in [0.3, 0.4) is 0 Å². The Morgan fingerprint density at radius 1 is 0.513 bits per heavy atom. The molecule has 390 valence electrons. The van der Waals surface area contributed by atoms with Crippen molar-refractivity contribution < 1.29 is 34.6 Å². The topological polar surface area (TPSA) is 33.5 Å². The summed E-state index contributed by atoms with van der Waals surface area (Å²) in [6.07, 6.45) is 1.88. The van der Waals surface area contributed by atoms with Crippen LogP contribution in [-0.4, -0.2) is 9.55 Å². The van der Waals surface area contributed by atoms with Crippen molar-refractivity contribution >= 4 is 44.6 Å². The van der Waals surface area contributed by atoms with Crippen molar-refractivity contribution in [2.75, 3.05) is 9.80 Å². The van der Waals surface area contributed by atoms with Crippen LogP contribution in [-0.2, 0) is 26.5 Å². The van der Waals surface area contributed by atoms with Gasteiger partial charge in [-0.15, -0.1) is 53.6 Å². The number of aromatic nitrogens is 2. The van der Waals surface area contributed by atoms with Gasteiger partial charge in [-0.1, -0.05) is 175 Å². The molecule has 11 aromatic rings. The number of hydrogen-bond acceptors (Lipinski definition) is 4. The van der Waals surface area contributed by atoms with Crippen LogP contribution in [0.1, 0.15) is 77.0 Å². The molecule has 8 heteroatoms. The fourth-order valence-corrected chi connectivity index (χ4v) is 10.6. The summed E-state index contributed by atoms with van der Waals surface area (Å²) in [5.74, 6) is 1.06. The van der Waals surface area contributed by atoms with Gasteiger partial charge in [-0.2, -0.15) is 6.07 Å². The average molecular weight is 1200 g/mol. The van der Waals surface area contributed by atoms with Gasteiger partial charge in [0, 0.05) is 78.5 Å². The van der Waals surface area contributed by atoms with Crippen LogP contribution in [0.25, 0.3) is 72.1 Å². The first-order valence-corrected chi connectivity index (χ1v) is 26.3. The maximum absolute atomic E-state index is 15.3. The van der Waals surface area contributed by atoms with E-state index in [-0.39, 0.29) is 38.3 Å². The van der Waals surface area contributed by atoms with Crippen molar-refractivity contribution in [3.8, 4) is 61.8 Å². The molecule has 1 aliphatic heterocycles. The number of rotatable bonds is 11. The molecule has 0 bridgehead atoms. The molecule has 0 radical (unpaired) electrons. The third-order valence-corrected chi connectivity index (χ3v) is 14.7. The Balaban J connectivity index is 0.00000645. The van der Waals surface area contributed by atoms with Gasteiger partial charge < -0.3 is 19.1 Å². The largest absolute Gasteiger partial charge is 0.509 e. The van der Waals surface area contributed by atoms with Crippen LogP contribution in [0.5, 0.6) is 11.5 Å². The van der Waals surface area contributed by atoms with E-state index in [2.05, 4.69) is 215 Å². The Labute approximate surface area is 470 Å². The van der Waals surface area contributed by atoms with Gasteiger partial charge in [0.2, 0.25) is 0 Å². The van der Waals surface area contributed by atoms with Crippen molar-refractivity contribution in [3.05, 3.63) is 247 Å². The third kappa shape index (κ3) is 9.93. The summed E-state index contributed by atoms with van der Waals surface area (Å²) >= 11 is 0. The quantitative estimate of drug-likeness (QED) is 0.121. The first-order valence-electron chi connectivity index (χ1n) is 26.3. The molecule has 0 fully saturated rings. The van der Waals surface area contributed by atoms with E-state index in [0.29, 0.717) is 22.6 Å². The van der Waals surface area contributed by atoms with Crippen LogP contribution >= 0.6 is 0 Å². The zero-order valence-electron chi connectivity index (χ0n) is 44.6.